The maximum absolute atomic E-state index is 12.8. The minimum Gasteiger partial charge on any atom is -0.263 e. The van der Waals surface area contributed by atoms with Crippen LogP contribution in [0.1, 0.15) is 5.82 Å². The van der Waals surface area contributed by atoms with Gasteiger partial charge in [-0.1, -0.05) is 11.6 Å². The Labute approximate surface area is 84.9 Å². The molecule has 0 aliphatic carbocycles. The molecule has 1 N–H and O–H groups in total. The van der Waals surface area contributed by atoms with Gasteiger partial charge in [0.05, 0.1) is 5.02 Å². The van der Waals surface area contributed by atoms with Crippen molar-refractivity contribution in [3.8, 4) is 11.4 Å². The molecule has 0 radical (unpaired) electrons. The van der Waals surface area contributed by atoms with E-state index in [0.29, 0.717) is 17.2 Å². The lowest BCUT2D eigenvalue weighted by Gasteiger charge is -1.96. The van der Waals surface area contributed by atoms with Crippen molar-refractivity contribution in [1.29, 1.82) is 0 Å². The van der Waals surface area contributed by atoms with Gasteiger partial charge in [-0.15, -0.1) is 0 Å². The third-order valence-corrected chi connectivity index (χ3v) is 2.06. The first-order valence-electron chi connectivity index (χ1n) is 4.01. The average molecular weight is 212 g/mol. The zero-order valence-electron chi connectivity index (χ0n) is 7.38. The van der Waals surface area contributed by atoms with Crippen molar-refractivity contribution in [3.63, 3.8) is 0 Å². The summed E-state index contributed by atoms with van der Waals surface area (Å²) >= 11 is 5.63. The molecule has 0 saturated carbocycles. The molecular weight excluding hydrogens is 205 g/mol. The monoisotopic (exact) mass is 211 g/mol. The zero-order chi connectivity index (χ0) is 10.1. The van der Waals surface area contributed by atoms with Gasteiger partial charge < -0.3 is 0 Å². The van der Waals surface area contributed by atoms with E-state index in [1.165, 1.54) is 12.1 Å². The van der Waals surface area contributed by atoms with E-state index in [2.05, 4.69) is 15.2 Å². The lowest BCUT2D eigenvalue weighted by atomic mass is 10.2. The minimum atomic E-state index is -0.442. The van der Waals surface area contributed by atoms with Gasteiger partial charge in [-0.05, 0) is 25.1 Å². The number of H-pyrrole nitrogens is 1. The van der Waals surface area contributed by atoms with Crippen molar-refractivity contribution in [2.24, 2.45) is 0 Å². The van der Waals surface area contributed by atoms with E-state index in [-0.39, 0.29) is 5.02 Å². The highest BCUT2D eigenvalue weighted by molar-refractivity contribution is 6.31. The van der Waals surface area contributed by atoms with Crippen LogP contribution in [-0.4, -0.2) is 15.2 Å². The van der Waals surface area contributed by atoms with E-state index < -0.39 is 5.82 Å². The van der Waals surface area contributed by atoms with Crippen LogP contribution in [0.5, 0.6) is 0 Å². The molecule has 0 aliphatic heterocycles. The quantitative estimate of drug-likeness (QED) is 0.788. The van der Waals surface area contributed by atoms with E-state index in [4.69, 9.17) is 11.6 Å². The highest BCUT2D eigenvalue weighted by Gasteiger charge is 2.06. The molecule has 14 heavy (non-hydrogen) atoms. The minimum absolute atomic E-state index is 0.0740. The van der Waals surface area contributed by atoms with Crippen LogP contribution < -0.4 is 0 Å². The van der Waals surface area contributed by atoms with Crippen molar-refractivity contribution in [2.45, 2.75) is 6.92 Å². The van der Waals surface area contributed by atoms with Crippen LogP contribution >= 0.6 is 11.6 Å². The van der Waals surface area contributed by atoms with Gasteiger partial charge in [0.25, 0.3) is 0 Å². The first-order chi connectivity index (χ1) is 6.66. The molecule has 5 heteroatoms. The fourth-order valence-electron chi connectivity index (χ4n) is 1.11. The van der Waals surface area contributed by atoms with Gasteiger partial charge in [0.1, 0.15) is 11.6 Å². The van der Waals surface area contributed by atoms with Crippen LogP contribution in [0.25, 0.3) is 11.4 Å². The fourth-order valence-corrected chi connectivity index (χ4v) is 1.29. The zero-order valence-corrected chi connectivity index (χ0v) is 8.14. The summed E-state index contributed by atoms with van der Waals surface area (Å²) in [4.78, 5) is 4.10. The summed E-state index contributed by atoms with van der Waals surface area (Å²) in [7, 11) is 0. The smallest absolute Gasteiger partial charge is 0.181 e. The van der Waals surface area contributed by atoms with Crippen LogP contribution in [0.4, 0.5) is 4.39 Å². The normalized spacial score (nSPS) is 10.5. The Balaban J connectivity index is 2.47. The van der Waals surface area contributed by atoms with Crippen LogP contribution in [-0.2, 0) is 0 Å². The van der Waals surface area contributed by atoms with E-state index in [0.717, 1.165) is 0 Å². The predicted molar refractivity (Wildman–Crippen MR) is 51.5 cm³/mol. The number of aromatic amines is 1. The third-order valence-electron chi connectivity index (χ3n) is 1.78. The Bertz CT molecular complexity index is 467. The van der Waals surface area contributed by atoms with Crippen molar-refractivity contribution in [1.82, 2.24) is 15.2 Å². The van der Waals surface area contributed by atoms with E-state index in [1.807, 2.05) is 0 Å². The largest absolute Gasteiger partial charge is 0.263 e. The lowest BCUT2D eigenvalue weighted by molar-refractivity contribution is 0.628. The highest BCUT2D eigenvalue weighted by Crippen LogP contribution is 2.21. The Kier molecular flexibility index (Phi) is 2.21. The number of aryl methyl sites for hydroxylation is 1. The predicted octanol–water partition coefficient (Wildman–Crippen LogP) is 2.57. The van der Waals surface area contributed by atoms with Gasteiger partial charge in [-0.25, -0.2) is 9.37 Å². The van der Waals surface area contributed by atoms with E-state index >= 15 is 0 Å². The van der Waals surface area contributed by atoms with Crippen molar-refractivity contribution in [3.05, 3.63) is 34.9 Å². The third kappa shape index (κ3) is 1.61. The van der Waals surface area contributed by atoms with Gasteiger partial charge >= 0.3 is 0 Å². The van der Waals surface area contributed by atoms with Crippen LogP contribution in [0.3, 0.4) is 0 Å². The molecule has 0 atom stereocenters. The Morgan fingerprint density at radius 3 is 2.79 bits per heavy atom. The fraction of sp³-hybridized carbons (Fsp3) is 0.111. The van der Waals surface area contributed by atoms with Gasteiger partial charge in [-0.3, -0.25) is 5.10 Å². The lowest BCUT2D eigenvalue weighted by Crippen LogP contribution is -1.83. The highest BCUT2D eigenvalue weighted by atomic mass is 35.5. The second kappa shape index (κ2) is 3.38. The van der Waals surface area contributed by atoms with Crippen molar-refractivity contribution < 1.29 is 4.39 Å². The van der Waals surface area contributed by atoms with Gasteiger partial charge in [0.2, 0.25) is 0 Å². The molecule has 0 saturated heterocycles. The summed E-state index contributed by atoms with van der Waals surface area (Å²) in [6.07, 6.45) is 0. The molecule has 72 valence electrons. The molecule has 2 rings (SSSR count). The number of rotatable bonds is 1. The second-order valence-electron chi connectivity index (χ2n) is 2.87. The molecule has 0 unspecified atom stereocenters. The van der Waals surface area contributed by atoms with E-state index in [9.17, 15) is 4.39 Å². The topological polar surface area (TPSA) is 41.6 Å². The number of halogens is 2. The number of hydrogen-bond acceptors (Lipinski definition) is 2. The van der Waals surface area contributed by atoms with Gasteiger partial charge in [0, 0.05) is 5.56 Å². The first-order valence-corrected chi connectivity index (χ1v) is 4.39. The van der Waals surface area contributed by atoms with Crippen molar-refractivity contribution in [2.75, 3.05) is 0 Å². The maximum atomic E-state index is 12.8. The first kappa shape index (κ1) is 9.15. The molecule has 0 spiro atoms. The number of benzene rings is 1. The van der Waals surface area contributed by atoms with Crippen molar-refractivity contribution >= 4 is 11.6 Å². The summed E-state index contributed by atoms with van der Waals surface area (Å²) in [5, 5.41) is 6.72. The Morgan fingerprint density at radius 2 is 2.21 bits per heavy atom. The SMILES string of the molecule is Cc1nc(-c2ccc(F)c(Cl)c2)n[nH]1. The molecule has 0 amide bonds. The number of nitrogens with zero attached hydrogens (tertiary/aromatic N) is 2. The van der Waals surface area contributed by atoms with Crippen LogP contribution in [0.15, 0.2) is 18.2 Å². The molecule has 1 aromatic heterocycles. The molecule has 1 aromatic carbocycles. The molecule has 2 aromatic rings. The summed E-state index contributed by atoms with van der Waals surface area (Å²) in [5.41, 5.74) is 0.695. The standard InChI is InChI=1S/C9H7ClFN3/c1-5-12-9(14-13-5)6-2-3-8(11)7(10)4-6/h2-4H,1H3,(H,12,13,14). The van der Waals surface area contributed by atoms with Gasteiger partial charge in [-0.2, -0.15) is 5.10 Å². The molecule has 3 nitrogen and oxygen atoms in total. The average Bonchev–Trinajstić information content (AvgIpc) is 2.57. The Morgan fingerprint density at radius 1 is 1.43 bits per heavy atom. The molecule has 0 bridgehead atoms. The summed E-state index contributed by atoms with van der Waals surface area (Å²) in [6, 6.07) is 4.38. The van der Waals surface area contributed by atoms with Crippen LogP contribution in [0.2, 0.25) is 5.02 Å². The Hall–Kier alpha value is -1.42. The summed E-state index contributed by atoms with van der Waals surface area (Å²) in [5.74, 6) is 0.785. The molecule has 0 fully saturated rings. The number of hydrogen-bond donors (Lipinski definition) is 1. The maximum Gasteiger partial charge on any atom is 0.181 e. The number of aromatic nitrogens is 3. The molecule has 0 aliphatic rings. The summed E-state index contributed by atoms with van der Waals surface area (Å²) in [6.45, 7) is 1.79. The van der Waals surface area contributed by atoms with Crippen LogP contribution in [0, 0.1) is 12.7 Å². The summed E-state index contributed by atoms with van der Waals surface area (Å²) < 4.78 is 12.8. The van der Waals surface area contributed by atoms with E-state index in [1.54, 1.807) is 13.0 Å². The van der Waals surface area contributed by atoms with Gasteiger partial charge in [0.15, 0.2) is 5.82 Å². The second-order valence-corrected chi connectivity index (χ2v) is 3.28. The number of nitrogens with one attached hydrogen (secondary N) is 1. The molecule has 1 heterocycles. The molecular formula is C9H7ClFN3.